The van der Waals surface area contributed by atoms with Crippen LogP contribution in [0.1, 0.15) is 5.01 Å². The average molecular weight is 254 g/mol. The van der Waals surface area contributed by atoms with Gasteiger partial charge in [-0.1, -0.05) is 28.1 Å². The Morgan fingerprint density at radius 1 is 1.38 bits per heavy atom. The number of aromatic nitrogens is 1. The van der Waals surface area contributed by atoms with Crippen molar-refractivity contribution < 1.29 is 0 Å². The van der Waals surface area contributed by atoms with E-state index in [1.807, 2.05) is 25.3 Å². The molecule has 13 heavy (non-hydrogen) atoms. The average Bonchev–Trinajstić information content (AvgIpc) is 2.52. The van der Waals surface area contributed by atoms with E-state index in [2.05, 4.69) is 33.0 Å². The quantitative estimate of drug-likeness (QED) is 0.752. The molecule has 0 saturated heterocycles. The number of hydrogen-bond donors (Lipinski definition) is 0. The molecule has 0 atom stereocenters. The van der Waals surface area contributed by atoms with E-state index in [0.29, 0.717) is 0 Å². The van der Waals surface area contributed by atoms with E-state index in [0.717, 1.165) is 9.48 Å². The van der Waals surface area contributed by atoms with Gasteiger partial charge in [0.25, 0.3) is 0 Å². The van der Waals surface area contributed by atoms with Crippen molar-refractivity contribution in [2.45, 2.75) is 6.92 Å². The molecule has 0 unspecified atom stereocenters. The predicted molar refractivity (Wildman–Crippen MR) is 60.0 cm³/mol. The molecule has 1 nitrogen and oxygen atoms in total. The molecular formula is C10H8BrNS. The van der Waals surface area contributed by atoms with Crippen LogP contribution in [-0.4, -0.2) is 4.98 Å². The Balaban J connectivity index is 2.46. The van der Waals surface area contributed by atoms with Crippen LogP contribution in [0.2, 0.25) is 0 Å². The van der Waals surface area contributed by atoms with Gasteiger partial charge in [-0.15, -0.1) is 11.3 Å². The normalized spacial score (nSPS) is 10.3. The summed E-state index contributed by atoms with van der Waals surface area (Å²) in [6, 6.07) is 8.26. The van der Waals surface area contributed by atoms with Crippen molar-refractivity contribution in [2.24, 2.45) is 0 Å². The van der Waals surface area contributed by atoms with Crippen LogP contribution in [0.15, 0.2) is 34.9 Å². The third kappa shape index (κ3) is 1.98. The Labute approximate surface area is 89.6 Å². The van der Waals surface area contributed by atoms with E-state index in [1.165, 1.54) is 10.4 Å². The zero-order valence-electron chi connectivity index (χ0n) is 7.12. The molecular weight excluding hydrogens is 246 g/mol. The van der Waals surface area contributed by atoms with Gasteiger partial charge in [0.1, 0.15) is 0 Å². The Kier molecular flexibility index (Phi) is 2.47. The van der Waals surface area contributed by atoms with Gasteiger partial charge in [0.05, 0.1) is 9.88 Å². The summed E-state index contributed by atoms with van der Waals surface area (Å²) in [6.45, 7) is 2.02. The van der Waals surface area contributed by atoms with Gasteiger partial charge in [-0.2, -0.15) is 0 Å². The molecule has 0 aliphatic carbocycles. The Morgan fingerprint density at radius 3 is 2.85 bits per heavy atom. The maximum absolute atomic E-state index is 4.23. The minimum atomic E-state index is 1.11. The highest BCUT2D eigenvalue weighted by molar-refractivity contribution is 9.10. The summed E-state index contributed by atoms with van der Waals surface area (Å²) >= 11 is 5.17. The molecule has 0 fully saturated rings. The van der Waals surface area contributed by atoms with Crippen molar-refractivity contribution in [3.05, 3.63) is 39.9 Å². The Bertz CT molecular complexity index is 422. The molecule has 3 heteroatoms. The fourth-order valence-electron chi connectivity index (χ4n) is 1.14. The van der Waals surface area contributed by atoms with Crippen LogP contribution in [-0.2, 0) is 0 Å². The SMILES string of the molecule is Cc1ncc(-c2cccc(Br)c2)s1. The molecule has 1 aromatic carbocycles. The van der Waals surface area contributed by atoms with Crippen LogP contribution in [0.4, 0.5) is 0 Å². The molecule has 1 heterocycles. The van der Waals surface area contributed by atoms with Gasteiger partial charge in [0.15, 0.2) is 0 Å². The first-order chi connectivity index (χ1) is 6.25. The maximum atomic E-state index is 4.23. The number of thiazole rings is 1. The molecule has 0 amide bonds. The third-order valence-corrected chi connectivity index (χ3v) is 3.19. The highest BCUT2D eigenvalue weighted by atomic mass is 79.9. The number of benzene rings is 1. The second-order valence-electron chi connectivity index (χ2n) is 2.75. The lowest BCUT2D eigenvalue weighted by Gasteiger charge is -1.95. The number of nitrogens with zero attached hydrogens (tertiary/aromatic N) is 1. The largest absolute Gasteiger partial charge is 0.249 e. The molecule has 0 bridgehead atoms. The monoisotopic (exact) mass is 253 g/mol. The number of hydrogen-bond acceptors (Lipinski definition) is 2. The molecule has 0 spiro atoms. The van der Waals surface area contributed by atoms with Crippen molar-refractivity contribution in [1.82, 2.24) is 4.98 Å². The third-order valence-electron chi connectivity index (χ3n) is 1.73. The molecule has 2 aromatic rings. The van der Waals surface area contributed by atoms with E-state index in [9.17, 15) is 0 Å². The lowest BCUT2D eigenvalue weighted by Crippen LogP contribution is -1.70. The van der Waals surface area contributed by atoms with Crippen LogP contribution in [0.25, 0.3) is 10.4 Å². The first-order valence-electron chi connectivity index (χ1n) is 3.94. The van der Waals surface area contributed by atoms with Crippen molar-refractivity contribution in [1.29, 1.82) is 0 Å². The van der Waals surface area contributed by atoms with Gasteiger partial charge in [0, 0.05) is 10.7 Å². The molecule has 1 aromatic heterocycles. The van der Waals surface area contributed by atoms with Crippen molar-refractivity contribution in [3.8, 4) is 10.4 Å². The fourth-order valence-corrected chi connectivity index (χ4v) is 2.31. The standard InChI is InChI=1S/C10H8BrNS/c1-7-12-6-10(13-7)8-3-2-4-9(11)5-8/h2-6H,1H3. The molecule has 0 saturated carbocycles. The minimum Gasteiger partial charge on any atom is -0.249 e. The van der Waals surface area contributed by atoms with E-state index in [4.69, 9.17) is 0 Å². The fraction of sp³-hybridized carbons (Fsp3) is 0.100. The molecule has 0 aliphatic heterocycles. The lowest BCUT2D eigenvalue weighted by atomic mass is 10.2. The van der Waals surface area contributed by atoms with Gasteiger partial charge >= 0.3 is 0 Å². The number of aryl methyl sites for hydroxylation is 1. The van der Waals surface area contributed by atoms with Crippen molar-refractivity contribution in [3.63, 3.8) is 0 Å². The van der Waals surface area contributed by atoms with E-state index >= 15 is 0 Å². The number of rotatable bonds is 1. The lowest BCUT2D eigenvalue weighted by molar-refractivity contribution is 1.30. The number of halogens is 1. The van der Waals surface area contributed by atoms with Gasteiger partial charge in [-0.25, -0.2) is 4.98 Å². The predicted octanol–water partition coefficient (Wildman–Crippen LogP) is 3.88. The minimum absolute atomic E-state index is 1.11. The summed E-state index contributed by atoms with van der Waals surface area (Å²) in [5.41, 5.74) is 1.22. The van der Waals surface area contributed by atoms with Crippen LogP contribution < -0.4 is 0 Å². The van der Waals surface area contributed by atoms with Gasteiger partial charge in [0.2, 0.25) is 0 Å². The van der Waals surface area contributed by atoms with Crippen molar-refractivity contribution >= 4 is 27.3 Å². The van der Waals surface area contributed by atoms with Crippen LogP contribution in [0.5, 0.6) is 0 Å². The maximum Gasteiger partial charge on any atom is 0.0900 e. The first kappa shape index (κ1) is 8.91. The highest BCUT2D eigenvalue weighted by Crippen LogP contribution is 2.27. The second-order valence-corrected chi connectivity index (χ2v) is 4.90. The Morgan fingerprint density at radius 2 is 2.23 bits per heavy atom. The van der Waals surface area contributed by atoms with E-state index < -0.39 is 0 Å². The molecule has 0 N–H and O–H groups in total. The zero-order chi connectivity index (χ0) is 9.26. The summed E-state index contributed by atoms with van der Waals surface area (Å²) in [4.78, 5) is 5.45. The first-order valence-corrected chi connectivity index (χ1v) is 5.55. The summed E-state index contributed by atoms with van der Waals surface area (Å²) in [6.07, 6.45) is 1.92. The molecule has 0 aliphatic rings. The summed E-state index contributed by atoms with van der Waals surface area (Å²) in [5.74, 6) is 0. The summed E-state index contributed by atoms with van der Waals surface area (Å²) in [7, 11) is 0. The van der Waals surface area contributed by atoms with Crippen LogP contribution >= 0.6 is 27.3 Å². The topological polar surface area (TPSA) is 12.9 Å². The summed E-state index contributed by atoms with van der Waals surface area (Å²) < 4.78 is 1.11. The van der Waals surface area contributed by atoms with Crippen molar-refractivity contribution in [2.75, 3.05) is 0 Å². The van der Waals surface area contributed by atoms with E-state index in [-0.39, 0.29) is 0 Å². The summed E-state index contributed by atoms with van der Waals surface area (Å²) in [5, 5.41) is 1.11. The van der Waals surface area contributed by atoms with E-state index in [1.54, 1.807) is 11.3 Å². The van der Waals surface area contributed by atoms with Crippen LogP contribution in [0, 0.1) is 6.92 Å². The van der Waals surface area contributed by atoms with Gasteiger partial charge in [-0.3, -0.25) is 0 Å². The zero-order valence-corrected chi connectivity index (χ0v) is 9.52. The second kappa shape index (κ2) is 3.60. The molecule has 66 valence electrons. The smallest absolute Gasteiger partial charge is 0.0900 e. The van der Waals surface area contributed by atoms with Gasteiger partial charge in [-0.05, 0) is 24.6 Å². The molecule has 2 rings (SSSR count). The molecule has 0 radical (unpaired) electrons. The Hall–Kier alpha value is -0.670. The van der Waals surface area contributed by atoms with Gasteiger partial charge < -0.3 is 0 Å². The highest BCUT2D eigenvalue weighted by Gasteiger charge is 2.01. The van der Waals surface area contributed by atoms with Crippen LogP contribution in [0.3, 0.4) is 0 Å².